The van der Waals surface area contributed by atoms with E-state index in [1.165, 1.54) is 0 Å². The molecule has 1 atom stereocenters. The molecule has 0 aliphatic carbocycles. The number of epoxide rings is 1. The van der Waals surface area contributed by atoms with E-state index >= 15 is 0 Å². The molecule has 1 aliphatic rings. The van der Waals surface area contributed by atoms with Crippen LogP contribution in [0.3, 0.4) is 0 Å². The molecule has 0 N–H and O–H groups in total. The average molecular weight is 175 g/mol. The van der Waals surface area contributed by atoms with Crippen LogP contribution in [-0.2, 0) is 4.74 Å². The first-order valence-electron chi connectivity index (χ1n) is 4.13. The van der Waals surface area contributed by atoms with E-state index < -0.39 is 0 Å². The Bertz CT molecular complexity index is 339. The van der Waals surface area contributed by atoms with Gasteiger partial charge in [0, 0.05) is 0 Å². The first kappa shape index (κ1) is 8.09. The van der Waals surface area contributed by atoms with Crippen LogP contribution in [0, 0.1) is 11.3 Å². The van der Waals surface area contributed by atoms with Crippen LogP contribution in [0.25, 0.3) is 0 Å². The third-order valence-electron chi connectivity index (χ3n) is 1.83. The molecule has 0 saturated carbocycles. The molecule has 3 nitrogen and oxygen atoms in total. The highest BCUT2D eigenvalue weighted by molar-refractivity contribution is 5.42. The van der Waals surface area contributed by atoms with Crippen molar-refractivity contribution in [2.75, 3.05) is 13.2 Å². The number of nitriles is 1. The molecule has 1 aromatic rings. The number of benzene rings is 1. The predicted octanol–water partition coefficient (Wildman–Crippen LogP) is 1.34. The van der Waals surface area contributed by atoms with Crippen LogP contribution in [0.5, 0.6) is 5.75 Å². The molecule has 66 valence electrons. The monoisotopic (exact) mass is 175 g/mol. The highest BCUT2D eigenvalue weighted by atomic mass is 16.6. The number of nitrogens with zero attached hydrogens (tertiary/aromatic N) is 1. The van der Waals surface area contributed by atoms with Crippen LogP contribution in [0.15, 0.2) is 24.3 Å². The molecule has 1 heterocycles. The first-order chi connectivity index (χ1) is 6.40. The second-order valence-electron chi connectivity index (χ2n) is 2.87. The third kappa shape index (κ3) is 1.98. The zero-order valence-electron chi connectivity index (χ0n) is 7.06. The summed E-state index contributed by atoms with van der Waals surface area (Å²) in [7, 11) is 0. The maximum atomic E-state index is 8.74. The van der Waals surface area contributed by atoms with Crippen molar-refractivity contribution in [1.29, 1.82) is 5.26 Å². The summed E-state index contributed by atoms with van der Waals surface area (Å²) in [6.07, 6.45) is 0.228. The molecule has 0 aromatic heterocycles. The standard InChI is InChI=1S/C10H9NO2/c11-5-8-3-1-2-4-10(8)13-7-9-6-12-9/h1-4,9H,6-7H2/t9-/m1/s1. The van der Waals surface area contributed by atoms with Crippen molar-refractivity contribution in [2.45, 2.75) is 6.10 Å². The lowest BCUT2D eigenvalue weighted by molar-refractivity contribution is 0.262. The molecule has 0 bridgehead atoms. The van der Waals surface area contributed by atoms with Gasteiger partial charge in [0.05, 0.1) is 12.2 Å². The van der Waals surface area contributed by atoms with Crippen LogP contribution in [0.2, 0.25) is 0 Å². The van der Waals surface area contributed by atoms with Crippen LogP contribution in [0.1, 0.15) is 5.56 Å². The summed E-state index contributed by atoms with van der Waals surface area (Å²) in [6, 6.07) is 9.28. The maximum absolute atomic E-state index is 8.74. The largest absolute Gasteiger partial charge is 0.489 e. The second kappa shape index (κ2) is 3.46. The van der Waals surface area contributed by atoms with E-state index in [0.29, 0.717) is 17.9 Å². The van der Waals surface area contributed by atoms with Gasteiger partial charge < -0.3 is 9.47 Å². The van der Waals surface area contributed by atoms with Gasteiger partial charge in [0.25, 0.3) is 0 Å². The van der Waals surface area contributed by atoms with Gasteiger partial charge in [-0.1, -0.05) is 12.1 Å². The fourth-order valence-corrected chi connectivity index (χ4v) is 1.03. The number of rotatable bonds is 3. The van der Waals surface area contributed by atoms with Crippen molar-refractivity contribution in [1.82, 2.24) is 0 Å². The fraction of sp³-hybridized carbons (Fsp3) is 0.300. The minimum Gasteiger partial charge on any atom is -0.489 e. The lowest BCUT2D eigenvalue weighted by atomic mass is 10.2. The molecule has 1 aromatic carbocycles. The number of hydrogen-bond donors (Lipinski definition) is 0. The Kier molecular flexibility index (Phi) is 2.15. The van der Waals surface area contributed by atoms with E-state index in [-0.39, 0.29) is 6.10 Å². The summed E-state index contributed by atoms with van der Waals surface area (Å²) in [5, 5.41) is 8.74. The van der Waals surface area contributed by atoms with Gasteiger partial charge >= 0.3 is 0 Å². The van der Waals surface area contributed by atoms with Gasteiger partial charge in [-0.15, -0.1) is 0 Å². The molecule has 13 heavy (non-hydrogen) atoms. The van der Waals surface area contributed by atoms with E-state index in [4.69, 9.17) is 14.7 Å². The molecule has 1 aliphatic heterocycles. The fourth-order valence-electron chi connectivity index (χ4n) is 1.03. The third-order valence-corrected chi connectivity index (χ3v) is 1.83. The van der Waals surface area contributed by atoms with Gasteiger partial charge in [0.2, 0.25) is 0 Å². The smallest absolute Gasteiger partial charge is 0.137 e. The normalized spacial score (nSPS) is 19.2. The summed E-state index contributed by atoms with van der Waals surface area (Å²) < 4.78 is 10.4. The van der Waals surface area contributed by atoms with E-state index in [1.807, 2.05) is 12.1 Å². The van der Waals surface area contributed by atoms with E-state index in [1.54, 1.807) is 12.1 Å². The second-order valence-corrected chi connectivity index (χ2v) is 2.87. The molecule has 1 saturated heterocycles. The van der Waals surface area contributed by atoms with Gasteiger partial charge in [-0.3, -0.25) is 0 Å². The quantitative estimate of drug-likeness (QED) is 0.651. The predicted molar refractivity (Wildman–Crippen MR) is 46.4 cm³/mol. The molecule has 0 amide bonds. The van der Waals surface area contributed by atoms with Gasteiger partial charge in [0.1, 0.15) is 24.5 Å². The van der Waals surface area contributed by atoms with Crippen LogP contribution >= 0.6 is 0 Å². The Balaban J connectivity index is 2.05. The minimum atomic E-state index is 0.228. The Labute approximate surface area is 76.5 Å². The minimum absolute atomic E-state index is 0.228. The number of hydrogen-bond acceptors (Lipinski definition) is 3. The lowest BCUT2D eigenvalue weighted by Gasteiger charge is -2.04. The Morgan fingerprint density at radius 2 is 2.31 bits per heavy atom. The first-order valence-corrected chi connectivity index (χ1v) is 4.13. The van der Waals surface area contributed by atoms with Gasteiger partial charge in [-0.05, 0) is 12.1 Å². The number of para-hydroxylation sites is 1. The molecule has 0 spiro atoms. The molecular weight excluding hydrogens is 166 g/mol. The zero-order chi connectivity index (χ0) is 9.10. The van der Waals surface area contributed by atoms with Gasteiger partial charge in [-0.2, -0.15) is 5.26 Å². The van der Waals surface area contributed by atoms with Gasteiger partial charge in [-0.25, -0.2) is 0 Å². The molecule has 1 fully saturated rings. The lowest BCUT2D eigenvalue weighted by Crippen LogP contribution is -2.04. The van der Waals surface area contributed by atoms with Crippen molar-refractivity contribution in [3.63, 3.8) is 0 Å². The Morgan fingerprint density at radius 1 is 1.54 bits per heavy atom. The van der Waals surface area contributed by atoms with E-state index in [9.17, 15) is 0 Å². The summed E-state index contributed by atoms with van der Waals surface area (Å²) in [5.74, 6) is 0.639. The summed E-state index contributed by atoms with van der Waals surface area (Å²) >= 11 is 0. The van der Waals surface area contributed by atoms with Crippen molar-refractivity contribution >= 4 is 0 Å². The Hall–Kier alpha value is -1.53. The topological polar surface area (TPSA) is 45.5 Å². The molecule has 0 radical (unpaired) electrons. The average Bonchev–Trinajstić information content (AvgIpc) is 2.99. The molecule has 2 rings (SSSR count). The van der Waals surface area contributed by atoms with Crippen molar-refractivity contribution < 1.29 is 9.47 Å². The maximum Gasteiger partial charge on any atom is 0.137 e. The van der Waals surface area contributed by atoms with Crippen molar-refractivity contribution in [2.24, 2.45) is 0 Å². The van der Waals surface area contributed by atoms with Crippen molar-refractivity contribution in [3.05, 3.63) is 29.8 Å². The molecular formula is C10H9NO2. The van der Waals surface area contributed by atoms with E-state index in [2.05, 4.69) is 6.07 Å². The van der Waals surface area contributed by atoms with Crippen LogP contribution in [0.4, 0.5) is 0 Å². The highest BCUT2D eigenvalue weighted by Gasteiger charge is 2.23. The van der Waals surface area contributed by atoms with Crippen LogP contribution < -0.4 is 4.74 Å². The van der Waals surface area contributed by atoms with E-state index in [0.717, 1.165) is 6.61 Å². The SMILES string of the molecule is N#Cc1ccccc1OC[C@H]1CO1. The summed E-state index contributed by atoms with van der Waals surface area (Å²) in [5.41, 5.74) is 0.572. The summed E-state index contributed by atoms with van der Waals surface area (Å²) in [6.45, 7) is 1.31. The van der Waals surface area contributed by atoms with Crippen LogP contribution in [-0.4, -0.2) is 19.3 Å². The Morgan fingerprint density at radius 3 is 3.00 bits per heavy atom. The molecule has 3 heteroatoms. The highest BCUT2D eigenvalue weighted by Crippen LogP contribution is 2.18. The van der Waals surface area contributed by atoms with Gasteiger partial charge in [0.15, 0.2) is 0 Å². The molecule has 0 unspecified atom stereocenters. The van der Waals surface area contributed by atoms with Crippen molar-refractivity contribution in [3.8, 4) is 11.8 Å². The number of ether oxygens (including phenoxy) is 2. The summed E-state index contributed by atoms with van der Waals surface area (Å²) in [4.78, 5) is 0. The zero-order valence-corrected chi connectivity index (χ0v) is 7.06.